The number of aromatic nitrogens is 3. The molecule has 0 aliphatic heterocycles. The van der Waals surface area contributed by atoms with Crippen molar-refractivity contribution in [3.05, 3.63) is 77.4 Å². The average Bonchev–Trinajstić information content (AvgIpc) is 3.15. The summed E-state index contributed by atoms with van der Waals surface area (Å²) in [5, 5.41) is 2.76. The number of halogens is 2. The van der Waals surface area contributed by atoms with Crippen LogP contribution in [0.4, 0.5) is 10.1 Å². The molecule has 2 aromatic carbocycles. The number of amides is 1. The Morgan fingerprint density at radius 2 is 2.00 bits per heavy atom. The number of para-hydroxylation sites is 2. The summed E-state index contributed by atoms with van der Waals surface area (Å²) in [6.45, 7) is 1.62. The van der Waals surface area contributed by atoms with E-state index in [-0.39, 0.29) is 5.91 Å². The van der Waals surface area contributed by atoms with Crippen molar-refractivity contribution in [2.24, 2.45) is 0 Å². The average molecular weight is 455 g/mol. The molecule has 6 nitrogen and oxygen atoms in total. The number of carbonyl (C=O) groups excluding carboxylic acids is 1. The lowest BCUT2D eigenvalue weighted by Gasteiger charge is -2.16. The van der Waals surface area contributed by atoms with Gasteiger partial charge in [0.2, 0.25) is 0 Å². The van der Waals surface area contributed by atoms with Crippen LogP contribution in [-0.2, 0) is 4.79 Å². The highest BCUT2D eigenvalue weighted by Crippen LogP contribution is 2.26. The Morgan fingerprint density at radius 3 is 2.76 bits per heavy atom. The number of nitrogens with zero attached hydrogens (tertiary/aromatic N) is 3. The van der Waals surface area contributed by atoms with Gasteiger partial charge in [0, 0.05) is 0 Å². The third-order valence-electron chi connectivity index (χ3n) is 4.28. The van der Waals surface area contributed by atoms with Crippen molar-refractivity contribution in [1.82, 2.24) is 14.5 Å². The number of nitrogens with one attached hydrogen (secondary N) is 1. The number of pyridine rings is 1. The van der Waals surface area contributed by atoms with Gasteiger partial charge in [-0.25, -0.2) is 14.4 Å². The summed E-state index contributed by atoms with van der Waals surface area (Å²) >= 11 is 3.22. The Morgan fingerprint density at radius 1 is 1.17 bits per heavy atom. The topological polar surface area (TPSA) is 69.0 Å². The molecule has 8 heteroatoms. The van der Waals surface area contributed by atoms with Crippen molar-refractivity contribution < 1.29 is 13.9 Å². The van der Waals surface area contributed by atoms with Gasteiger partial charge in [-0.15, -0.1) is 0 Å². The number of fused-ring (bicyclic) bond motifs is 1. The normalized spacial score (nSPS) is 12.0. The van der Waals surface area contributed by atoms with E-state index in [1.807, 2.05) is 28.8 Å². The fourth-order valence-corrected chi connectivity index (χ4v) is 3.25. The van der Waals surface area contributed by atoms with Crippen LogP contribution in [0, 0.1) is 5.82 Å². The highest BCUT2D eigenvalue weighted by atomic mass is 79.9. The summed E-state index contributed by atoms with van der Waals surface area (Å²) in [7, 11) is 0. The van der Waals surface area contributed by atoms with Crippen molar-refractivity contribution >= 4 is 38.6 Å². The van der Waals surface area contributed by atoms with Crippen molar-refractivity contribution in [2.45, 2.75) is 13.0 Å². The standard InChI is InChI=1S/C21H16BrFN4O2/c1-13(29-19-8-6-14(23)10-16(19)22)21(28)26-15-7-9-20(24-11-15)27-12-25-17-4-2-3-5-18(17)27/h2-13H,1H3,(H,26,28). The summed E-state index contributed by atoms with van der Waals surface area (Å²) in [5.41, 5.74) is 2.37. The zero-order valence-electron chi connectivity index (χ0n) is 15.3. The molecular formula is C21H16BrFN4O2. The summed E-state index contributed by atoms with van der Waals surface area (Å²) < 4.78 is 21.1. The summed E-state index contributed by atoms with van der Waals surface area (Å²) in [5.74, 6) is 0.341. The van der Waals surface area contributed by atoms with Crippen LogP contribution < -0.4 is 10.1 Å². The summed E-state index contributed by atoms with van der Waals surface area (Å²) in [6.07, 6.45) is 2.50. The molecule has 0 saturated heterocycles. The first-order valence-corrected chi connectivity index (χ1v) is 9.61. The molecule has 0 fully saturated rings. The van der Waals surface area contributed by atoms with E-state index in [1.165, 1.54) is 18.2 Å². The van der Waals surface area contributed by atoms with Gasteiger partial charge in [-0.05, 0) is 65.3 Å². The molecule has 0 aliphatic carbocycles. The van der Waals surface area contributed by atoms with Gasteiger partial charge < -0.3 is 10.1 Å². The maximum absolute atomic E-state index is 13.2. The molecule has 1 unspecified atom stereocenters. The second-order valence-electron chi connectivity index (χ2n) is 6.33. The fourth-order valence-electron chi connectivity index (χ4n) is 2.80. The van der Waals surface area contributed by atoms with Crippen LogP contribution in [0.3, 0.4) is 0 Å². The Hall–Kier alpha value is -3.26. The minimum absolute atomic E-state index is 0.344. The molecule has 2 heterocycles. The molecule has 0 spiro atoms. The van der Waals surface area contributed by atoms with Gasteiger partial charge in [0.05, 0.1) is 27.4 Å². The number of hydrogen-bond donors (Lipinski definition) is 1. The predicted molar refractivity (Wildman–Crippen MR) is 112 cm³/mol. The van der Waals surface area contributed by atoms with Crippen LogP contribution in [0.5, 0.6) is 5.75 Å². The Balaban J connectivity index is 1.45. The summed E-state index contributed by atoms with van der Waals surface area (Å²) in [6, 6.07) is 15.3. The van der Waals surface area contributed by atoms with Crippen molar-refractivity contribution in [2.75, 3.05) is 5.32 Å². The quantitative estimate of drug-likeness (QED) is 0.473. The van der Waals surface area contributed by atoms with Crippen LogP contribution >= 0.6 is 15.9 Å². The minimum Gasteiger partial charge on any atom is -0.480 e. The first kappa shape index (κ1) is 19.1. The number of anilines is 1. The second-order valence-corrected chi connectivity index (χ2v) is 7.19. The maximum Gasteiger partial charge on any atom is 0.265 e. The Labute approximate surface area is 174 Å². The molecule has 0 aliphatic rings. The monoisotopic (exact) mass is 454 g/mol. The molecule has 0 saturated carbocycles. The van der Waals surface area contributed by atoms with E-state index in [2.05, 4.69) is 31.2 Å². The van der Waals surface area contributed by atoms with E-state index in [1.54, 1.807) is 31.6 Å². The lowest BCUT2D eigenvalue weighted by Crippen LogP contribution is -2.30. The zero-order valence-corrected chi connectivity index (χ0v) is 16.9. The molecule has 0 radical (unpaired) electrons. The number of rotatable bonds is 5. The predicted octanol–water partition coefficient (Wildman–Crippen LogP) is 4.73. The molecular weight excluding hydrogens is 439 g/mol. The molecule has 29 heavy (non-hydrogen) atoms. The van der Waals surface area contributed by atoms with Crippen LogP contribution in [-0.4, -0.2) is 26.5 Å². The molecule has 1 amide bonds. The van der Waals surface area contributed by atoms with E-state index in [0.29, 0.717) is 21.7 Å². The van der Waals surface area contributed by atoms with Gasteiger partial charge in [0.25, 0.3) is 5.91 Å². The van der Waals surface area contributed by atoms with E-state index in [4.69, 9.17) is 4.74 Å². The third kappa shape index (κ3) is 4.12. The van der Waals surface area contributed by atoms with Crippen LogP contribution in [0.15, 0.2) is 71.6 Å². The molecule has 2 aromatic heterocycles. The molecule has 146 valence electrons. The van der Waals surface area contributed by atoms with E-state index in [0.717, 1.165) is 11.0 Å². The smallest absolute Gasteiger partial charge is 0.265 e. The first-order chi connectivity index (χ1) is 14.0. The van der Waals surface area contributed by atoms with Crippen LogP contribution in [0.1, 0.15) is 6.92 Å². The SMILES string of the molecule is CC(Oc1ccc(F)cc1Br)C(=O)Nc1ccc(-n2cnc3ccccc32)nc1. The largest absolute Gasteiger partial charge is 0.480 e. The molecule has 0 bridgehead atoms. The van der Waals surface area contributed by atoms with Crippen LogP contribution in [0.25, 0.3) is 16.9 Å². The lowest BCUT2D eigenvalue weighted by molar-refractivity contribution is -0.122. The van der Waals surface area contributed by atoms with Crippen LogP contribution in [0.2, 0.25) is 0 Å². The number of ether oxygens (including phenoxy) is 1. The third-order valence-corrected chi connectivity index (χ3v) is 4.90. The number of carbonyl (C=O) groups is 1. The van der Waals surface area contributed by atoms with Gasteiger partial charge in [-0.2, -0.15) is 0 Å². The van der Waals surface area contributed by atoms with Gasteiger partial charge in [-0.1, -0.05) is 12.1 Å². The highest BCUT2D eigenvalue weighted by Gasteiger charge is 2.17. The lowest BCUT2D eigenvalue weighted by atomic mass is 10.3. The van der Waals surface area contributed by atoms with Crippen molar-refractivity contribution in [3.8, 4) is 11.6 Å². The minimum atomic E-state index is -0.783. The first-order valence-electron chi connectivity index (χ1n) is 8.82. The molecule has 1 N–H and O–H groups in total. The Kier molecular flexibility index (Phi) is 5.26. The number of benzene rings is 2. The van der Waals surface area contributed by atoms with E-state index >= 15 is 0 Å². The zero-order chi connectivity index (χ0) is 20.4. The fraction of sp³-hybridized carbons (Fsp3) is 0.0952. The highest BCUT2D eigenvalue weighted by molar-refractivity contribution is 9.10. The number of hydrogen-bond acceptors (Lipinski definition) is 4. The molecule has 4 aromatic rings. The summed E-state index contributed by atoms with van der Waals surface area (Å²) in [4.78, 5) is 21.2. The van der Waals surface area contributed by atoms with Gasteiger partial charge >= 0.3 is 0 Å². The second kappa shape index (κ2) is 8.00. The van der Waals surface area contributed by atoms with Gasteiger partial charge in [-0.3, -0.25) is 9.36 Å². The Bertz CT molecular complexity index is 1180. The van der Waals surface area contributed by atoms with E-state index in [9.17, 15) is 9.18 Å². The van der Waals surface area contributed by atoms with E-state index < -0.39 is 11.9 Å². The molecule has 4 rings (SSSR count). The van der Waals surface area contributed by atoms with Crippen molar-refractivity contribution in [1.29, 1.82) is 0 Å². The number of imidazole rings is 1. The molecule has 1 atom stereocenters. The van der Waals surface area contributed by atoms with Crippen molar-refractivity contribution in [3.63, 3.8) is 0 Å². The maximum atomic E-state index is 13.2. The van der Waals surface area contributed by atoms with Gasteiger partial charge in [0.15, 0.2) is 6.10 Å². The van der Waals surface area contributed by atoms with Gasteiger partial charge in [0.1, 0.15) is 23.7 Å².